The van der Waals surface area contributed by atoms with E-state index < -0.39 is 18.2 Å². The average Bonchev–Trinajstić information content (AvgIpc) is 3.22. The Morgan fingerprint density at radius 2 is 1.97 bits per heavy atom. The molecule has 1 aliphatic heterocycles. The number of phenols is 1. The molecule has 1 amide bonds. The van der Waals surface area contributed by atoms with Crippen LogP contribution in [0, 0.1) is 5.92 Å². The van der Waals surface area contributed by atoms with Crippen LogP contribution < -0.4 is 19.5 Å². The van der Waals surface area contributed by atoms with Gasteiger partial charge in [-0.1, -0.05) is 19.1 Å². The van der Waals surface area contributed by atoms with Crippen LogP contribution in [0.4, 0.5) is 10.5 Å². The number of fused-ring (bicyclic) bond motifs is 1. The first-order chi connectivity index (χ1) is 15.4. The minimum Gasteiger partial charge on any atom is -0.504 e. The molecule has 0 unspecified atom stereocenters. The molecule has 9 nitrogen and oxygen atoms in total. The number of allylic oxidation sites excluding steroid dienone is 1. The second-order valence-electron chi connectivity index (χ2n) is 7.25. The number of anilines is 1. The highest BCUT2D eigenvalue weighted by molar-refractivity contribution is 5.85. The Morgan fingerprint density at radius 3 is 2.69 bits per heavy atom. The van der Waals surface area contributed by atoms with E-state index in [1.54, 1.807) is 36.4 Å². The Bertz CT molecular complexity index is 1000. The van der Waals surface area contributed by atoms with Crippen molar-refractivity contribution < 1.29 is 38.7 Å². The van der Waals surface area contributed by atoms with Gasteiger partial charge in [-0.25, -0.2) is 9.59 Å². The number of aromatic hydroxyl groups is 1. The third-order valence-corrected chi connectivity index (χ3v) is 4.95. The summed E-state index contributed by atoms with van der Waals surface area (Å²) in [5.74, 6) is 0.149. The number of hydrogen-bond acceptors (Lipinski definition) is 7. The van der Waals surface area contributed by atoms with Crippen molar-refractivity contribution in [3.05, 3.63) is 54.1 Å². The van der Waals surface area contributed by atoms with Gasteiger partial charge in [0.25, 0.3) is 0 Å². The van der Waals surface area contributed by atoms with E-state index in [4.69, 9.17) is 24.1 Å². The zero-order chi connectivity index (χ0) is 23.1. The van der Waals surface area contributed by atoms with Crippen LogP contribution in [0.1, 0.15) is 31.4 Å². The van der Waals surface area contributed by atoms with Crippen LogP contribution in [-0.2, 0) is 9.53 Å². The van der Waals surface area contributed by atoms with Gasteiger partial charge >= 0.3 is 12.1 Å². The quantitative estimate of drug-likeness (QED) is 0.485. The van der Waals surface area contributed by atoms with E-state index in [1.807, 2.05) is 6.92 Å². The van der Waals surface area contributed by atoms with Crippen molar-refractivity contribution in [2.24, 2.45) is 5.92 Å². The molecule has 1 aliphatic rings. The van der Waals surface area contributed by atoms with Crippen LogP contribution in [0.2, 0.25) is 0 Å². The summed E-state index contributed by atoms with van der Waals surface area (Å²) in [7, 11) is 1.44. The molecular formula is C23H25NO8. The lowest BCUT2D eigenvalue weighted by Crippen LogP contribution is -2.22. The summed E-state index contributed by atoms with van der Waals surface area (Å²) in [5.41, 5.74) is 1.06. The monoisotopic (exact) mass is 443 g/mol. The van der Waals surface area contributed by atoms with Crippen molar-refractivity contribution in [3.8, 4) is 23.0 Å². The number of phenolic OH excluding ortho intramolecular Hbond substituents is 1. The van der Waals surface area contributed by atoms with Gasteiger partial charge in [0.1, 0.15) is 6.10 Å². The highest BCUT2D eigenvalue weighted by Gasteiger charge is 2.25. The van der Waals surface area contributed by atoms with E-state index in [0.29, 0.717) is 41.3 Å². The lowest BCUT2D eigenvalue weighted by atomic mass is 9.92. The molecule has 170 valence electrons. The molecule has 0 aliphatic carbocycles. The molecule has 0 spiro atoms. The number of carboxylic acids is 1. The van der Waals surface area contributed by atoms with Gasteiger partial charge < -0.3 is 29.2 Å². The zero-order valence-corrected chi connectivity index (χ0v) is 17.7. The van der Waals surface area contributed by atoms with Gasteiger partial charge in [0.15, 0.2) is 23.0 Å². The maximum Gasteiger partial charge on any atom is 0.412 e. The first-order valence-corrected chi connectivity index (χ1v) is 10.0. The maximum atomic E-state index is 12.6. The molecule has 0 aromatic heterocycles. The first kappa shape index (κ1) is 22.8. The fourth-order valence-corrected chi connectivity index (χ4v) is 3.33. The standard InChI is InChI=1S/C23H25NO8/c1-14(5-3-4-6-21(26)27)22(15-7-9-18(29-2)17(25)11-15)32-23(28)24-16-8-10-19-20(12-16)31-13-30-19/h4,6-12,14,22,25H,3,5,13H2,1-2H3,(H,24,28)(H,26,27)/b6-4+/t14-,22-/m1/s1. The highest BCUT2D eigenvalue weighted by atomic mass is 16.7. The molecule has 3 N–H and O–H groups in total. The van der Waals surface area contributed by atoms with Gasteiger partial charge in [-0.15, -0.1) is 0 Å². The summed E-state index contributed by atoms with van der Waals surface area (Å²) in [4.78, 5) is 23.3. The third kappa shape index (κ3) is 5.84. The number of nitrogens with one attached hydrogen (secondary N) is 1. The number of rotatable bonds is 9. The molecule has 0 radical (unpaired) electrons. The molecule has 0 saturated carbocycles. The SMILES string of the molecule is COc1ccc([C@H](OC(=O)Nc2ccc3c(c2)OCO3)[C@H](C)CC/C=C/C(=O)O)cc1O. The first-order valence-electron chi connectivity index (χ1n) is 10.0. The van der Waals surface area contributed by atoms with Gasteiger partial charge in [0.2, 0.25) is 6.79 Å². The molecule has 32 heavy (non-hydrogen) atoms. The number of amides is 1. The third-order valence-electron chi connectivity index (χ3n) is 4.95. The zero-order valence-electron chi connectivity index (χ0n) is 17.7. The number of carbonyl (C=O) groups excluding carboxylic acids is 1. The average molecular weight is 443 g/mol. The summed E-state index contributed by atoms with van der Waals surface area (Å²) >= 11 is 0. The van der Waals surface area contributed by atoms with Crippen LogP contribution in [0.3, 0.4) is 0 Å². The Balaban J connectivity index is 1.74. The summed E-state index contributed by atoms with van der Waals surface area (Å²) in [6.45, 7) is 2.01. The lowest BCUT2D eigenvalue weighted by Gasteiger charge is -2.25. The van der Waals surface area contributed by atoms with E-state index in [9.17, 15) is 14.7 Å². The summed E-state index contributed by atoms with van der Waals surface area (Å²) in [6.07, 6.45) is 2.29. The number of aliphatic carboxylic acids is 1. The van der Waals surface area contributed by atoms with Gasteiger partial charge in [0.05, 0.1) is 7.11 Å². The number of hydrogen-bond donors (Lipinski definition) is 3. The van der Waals surface area contributed by atoms with Gasteiger partial charge in [0, 0.05) is 17.8 Å². The second-order valence-corrected chi connectivity index (χ2v) is 7.25. The number of carbonyl (C=O) groups is 2. The number of carboxylic acid groups (broad SMARTS) is 1. The van der Waals surface area contributed by atoms with Crippen LogP contribution in [0.25, 0.3) is 0 Å². The molecule has 0 bridgehead atoms. The van der Waals surface area contributed by atoms with Crippen LogP contribution in [-0.4, -0.2) is 36.2 Å². The Hall–Kier alpha value is -3.88. The van der Waals surface area contributed by atoms with Crippen molar-refractivity contribution in [1.29, 1.82) is 0 Å². The van der Waals surface area contributed by atoms with E-state index in [1.165, 1.54) is 13.2 Å². The second kappa shape index (κ2) is 10.4. The van der Waals surface area contributed by atoms with Crippen molar-refractivity contribution in [2.45, 2.75) is 25.9 Å². The van der Waals surface area contributed by atoms with E-state index >= 15 is 0 Å². The predicted molar refractivity (Wildman–Crippen MR) is 115 cm³/mol. The van der Waals surface area contributed by atoms with Crippen LogP contribution in [0.15, 0.2) is 48.6 Å². The van der Waals surface area contributed by atoms with Crippen LogP contribution in [0.5, 0.6) is 23.0 Å². The van der Waals surface area contributed by atoms with Gasteiger partial charge in [-0.2, -0.15) is 0 Å². The summed E-state index contributed by atoms with van der Waals surface area (Å²) in [5, 5.41) is 21.6. The van der Waals surface area contributed by atoms with Crippen molar-refractivity contribution in [2.75, 3.05) is 19.2 Å². The maximum absolute atomic E-state index is 12.6. The van der Waals surface area contributed by atoms with Crippen molar-refractivity contribution in [1.82, 2.24) is 0 Å². The van der Waals surface area contributed by atoms with Crippen molar-refractivity contribution >= 4 is 17.7 Å². The van der Waals surface area contributed by atoms with Crippen molar-refractivity contribution in [3.63, 3.8) is 0 Å². The largest absolute Gasteiger partial charge is 0.504 e. The number of methoxy groups -OCH3 is 1. The highest BCUT2D eigenvalue weighted by Crippen LogP contribution is 2.36. The topological polar surface area (TPSA) is 124 Å². The van der Waals surface area contributed by atoms with E-state index in [-0.39, 0.29) is 18.5 Å². The smallest absolute Gasteiger partial charge is 0.412 e. The van der Waals surface area contributed by atoms with E-state index in [0.717, 1.165) is 6.08 Å². The Kier molecular flexibility index (Phi) is 7.43. The van der Waals surface area contributed by atoms with Gasteiger partial charge in [-0.05, 0) is 48.6 Å². The molecule has 3 rings (SSSR count). The molecule has 0 saturated heterocycles. The number of benzene rings is 2. The molecule has 9 heteroatoms. The predicted octanol–water partition coefficient (Wildman–Crippen LogP) is 4.48. The molecule has 2 aromatic rings. The molecule has 0 fully saturated rings. The fourth-order valence-electron chi connectivity index (χ4n) is 3.33. The number of ether oxygens (including phenoxy) is 4. The summed E-state index contributed by atoms with van der Waals surface area (Å²) in [6, 6.07) is 9.78. The van der Waals surface area contributed by atoms with Crippen LogP contribution >= 0.6 is 0 Å². The minimum atomic E-state index is -1.02. The lowest BCUT2D eigenvalue weighted by molar-refractivity contribution is -0.131. The molecule has 2 atom stereocenters. The summed E-state index contributed by atoms with van der Waals surface area (Å²) < 4.78 is 21.4. The van der Waals surface area contributed by atoms with E-state index in [2.05, 4.69) is 5.32 Å². The molecule has 1 heterocycles. The van der Waals surface area contributed by atoms with Gasteiger partial charge in [-0.3, -0.25) is 5.32 Å². The minimum absolute atomic E-state index is 0.0762. The Morgan fingerprint density at radius 1 is 1.19 bits per heavy atom. The molecule has 2 aromatic carbocycles. The normalized spacial score (nSPS) is 14.1. The fraction of sp³-hybridized carbons (Fsp3) is 0.304. The Labute approximate surface area is 185 Å². The molecular weight excluding hydrogens is 418 g/mol.